The highest BCUT2D eigenvalue weighted by Gasteiger charge is 2.09. The zero-order valence-electron chi connectivity index (χ0n) is 10.4. The van der Waals surface area contributed by atoms with Crippen LogP contribution in [0, 0.1) is 13.8 Å². The van der Waals surface area contributed by atoms with E-state index in [0.717, 1.165) is 32.9 Å². The summed E-state index contributed by atoms with van der Waals surface area (Å²) in [7, 11) is 0. The number of benzene rings is 2. The summed E-state index contributed by atoms with van der Waals surface area (Å²) in [5, 5.41) is 11.9. The Balaban J connectivity index is 2.53. The van der Waals surface area contributed by atoms with E-state index in [1.165, 1.54) is 0 Å². The average molecular weight is 238 g/mol. The number of aromatic hydroxyl groups is 1. The Hall–Kier alpha value is -2.29. The maximum absolute atomic E-state index is 9.77. The standard InChI is InChI=1S/C15H14N2O/c1-8-4-3-5-10-6-11-9(2)14(16)13(18)7-12(11)17-15(8)10/h3-7,18H,16H2,1-2H3. The van der Waals surface area contributed by atoms with Crippen molar-refractivity contribution in [2.45, 2.75) is 13.8 Å². The first-order valence-corrected chi connectivity index (χ1v) is 5.86. The summed E-state index contributed by atoms with van der Waals surface area (Å²) in [4.78, 5) is 4.62. The number of nitrogens with two attached hydrogens (primary N) is 1. The van der Waals surface area contributed by atoms with Gasteiger partial charge < -0.3 is 10.8 Å². The van der Waals surface area contributed by atoms with Crippen LogP contribution >= 0.6 is 0 Å². The smallest absolute Gasteiger partial charge is 0.140 e. The number of aryl methyl sites for hydroxylation is 2. The minimum absolute atomic E-state index is 0.0976. The van der Waals surface area contributed by atoms with E-state index in [4.69, 9.17) is 5.73 Å². The molecule has 0 radical (unpaired) electrons. The van der Waals surface area contributed by atoms with Crippen molar-refractivity contribution in [3.05, 3.63) is 41.5 Å². The monoisotopic (exact) mass is 238 g/mol. The third-order valence-electron chi connectivity index (χ3n) is 3.43. The van der Waals surface area contributed by atoms with E-state index >= 15 is 0 Å². The van der Waals surface area contributed by atoms with Crippen LogP contribution in [-0.4, -0.2) is 10.1 Å². The quantitative estimate of drug-likeness (QED) is 0.359. The molecule has 0 atom stereocenters. The van der Waals surface area contributed by atoms with Crippen LogP contribution in [0.3, 0.4) is 0 Å². The van der Waals surface area contributed by atoms with E-state index in [1.54, 1.807) is 6.07 Å². The number of fused-ring (bicyclic) bond motifs is 2. The zero-order valence-corrected chi connectivity index (χ0v) is 10.4. The minimum atomic E-state index is 0.0976. The van der Waals surface area contributed by atoms with Gasteiger partial charge in [-0.3, -0.25) is 0 Å². The molecule has 3 heteroatoms. The molecule has 0 spiro atoms. The van der Waals surface area contributed by atoms with Crippen molar-refractivity contribution in [1.29, 1.82) is 0 Å². The summed E-state index contributed by atoms with van der Waals surface area (Å²) >= 11 is 0. The molecule has 0 aliphatic rings. The van der Waals surface area contributed by atoms with Crippen LogP contribution in [0.2, 0.25) is 0 Å². The number of phenolic OH excluding ortho intramolecular Hbond substituents is 1. The Morgan fingerprint density at radius 3 is 2.72 bits per heavy atom. The predicted octanol–water partition coefficient (Wildman–Crippen LogP) is 3.29. The molecule has 3 rings (SSSR count). The van der Waals surface area contributed by atoms with Gasteiger partial charge >= 0.3 is 0 Å². The van der Waals surface area contributed by atoms with Crippen LogP contribution < -0.4 is 5.73 Å². The Bertz CT molecular complexity index is 778. The van der Waals surface area contributed by atoms with Gasteiger partial charge in [-0.15, -0.1) is 0 Å². The second kappa shape index (κ2) is 3.60. The molecule has 18 heavy (non-hydrogen) atoms. The van der Waals surface area contributed by atoms with Gasteiger partial charge in [0.15, 0.2) is 0 Å². The van der Waals surface area contributed by atoms with Crippen LogP contribution in [0.25, 0.3) is 21.8 Å². The third-order valence-corrected chi connectivity index (χ3v) is 3.43. The van der Waals surface area contributed by atoms with Crippen molar-refractivity contribution < 1.29 is 5.11 Å². The fraction of sp³-hybridized carbons (Fsp3) is 0.133. The van der Waals surface area contributed by atoms with Gasteiger partial charge in [0, 0.05) is 16.8 Å². The molecular weight excluding hydrogens is 224 g/mol. The van der Waals surface area contributed by atoms with Gasteiger partial charge in [-0.1, -0.05) is 18.2 Å². The second-order valence-corrected chi connectivity index (χ2v) is 4.64. The van der Waals surface area contributed by atoms with Gasteiger partial charge in [-0.05, 0) is 31.0 Å². The number of anilines is 1. The SMILES string of the molecule is Cc1c(N)c(O)cc2nc3c(C)cccc3cc12. The lowest BCUT2D eigenvalue weighted by molar-refractivity contribution is 0.478. The summed E-state index contributed by atoms with van der Waals surface area (Å²) < 4.78 is 0. The van der Waals surface area contributed by atoms with E-state index in [9.17, 15) is 5.11 Å². The first kappa shape index (κ1) is 10.8. The van der Waals surface area contributed by atoms with Crippen molar-refractivity contribution in [3.8, 4) is 5.75 Å². The highest BCUT2D eigenvalue weighted by atomic mass is 16.3. The van der Waals surface area contributed by atoms with Crippen LogP contribution in [0.1, 0.15) is 11.1 Å². The van der Waals surface area contributed by atoms with Crippen LogP contribution in [0.15, 0.2) is 30.3 Å². The summed E-state index contributed by atoms with van der Waals surface area (Å²) in [6.07, 6.45) is 0. The molecule has 2 aromatic carbocycles. The topological polar surface area (TPSA) is 59.1 Å². The number of phenols is 1. The summed E-state index contributed by atoms with van der Waals surface area (Å²) in [5.74, 6) is 0.0976. The molecular formula is C15H14N2O. The number of hydrogen-bond donors (Lipinski definition) is 2. The Morgan fingerprint density at radius 2 is 1.94 bits per heavy atom. The van der Waals surface area contributed by atoms with Gasteiger partial charge in [-0.2, -0.15) is 0 Å². The normalized spacial score (nSPS) is 11.2. The second-order valence-electron chi connectivity index (χ2n) is 4.64. The average Bonchev–Trinajstić information content (AvgIpc) is 2.36. The number of pyridine rings is 1. The Labute approximate surface area is 105 Å². The number of aromatic nitrogens is 1. The molecule has 1 aromatic heterocycles. The number of rotatable bonds is 0. The lowest BCUT2D eigenvalue weighted by Crippen LogP contribution is -1.94. The molecule has 0 aliphatic heterocycles. The molecule has 0 saturated heterocycles. The van der Waals surface area contributed by atoms with Gasteiger partial charge in [0.2, 0.25) is 0 Å². The summed E-state index contributed by atoms with van der Waals surface area (Å²) in [6.45, 7) is 3.94. The zero-order chi connectivity index (χ0) is 12.9. The number of nitrogens with zero attached hydrogens (tertiary/aromatic N) is 1. The molecule has 0 fully saturated rings. The molecule has 3 N–H and O–H groups in total. The first-order valence-electron chi connectivity index (χ1n) is 5.86. The van der Waals surface area contributed by atoms with Gasteiger partial charge in [-0.25, -0.2) is 4.98 Å². The molecule has 90 valence electrons. The van der Waals surface area contributed by atoms with Crippen molar-refractivity contribution in [2.75, 3.05) is 5.73 Å². The lowest BCUT2D eigenvalue weighted by Gasteiger charge is -2.09. The molecule has 3 nitrogen and oxygen atoms in total. The van der Waals surface area contributed by atoms with Crippen LogP contribution in [0.4, 0.5) is 5.69 Å². The minimum Gasteiger partial charge on any atom is -0.506 e. The fourth-order valence-electron chi connectivity index (χ4n) is 2.32. The first-order chi connectivity index (χ1) is 8.58. The van der Waals surface area contributed by atoms with Crippen LogP contribution in [0.5, 0.6) is 5.75 Å². The molecule has 0 unspecified atom stereocenters. The van der Waals surface area contributed by atoms with Gasteiger partial charge in [0.1, 0.15) is 5.75 Å². The van der Waals surface area contributed by atoms with E-state index in [2.05, 4.69) is 11.1 Å². The highest BCUT2D eigenvalue weighted by molar-refractivity contribution is 5.98. The number of para-hydroxylation sites is 1. The summed E-state index contributed by atoms with van der Waals surface area (Å²) in [6, 6.07) is 9.80. The van der Waals surface area contributed by atoms with Gasteiger partial charge in [0.05, 0.1) is 16.7 Å². The molecule has 1 heterocycles. The summed E-state index contributed by atoms with van der Waals surface area (Å²) in [5.41, 5.74) is 10.0. The van der Waals surface area contributed by atoms with Crippen molar-refractivity contribution in [1.82, 2.24) is 4.98 Å². The van der Waals surface area contributed by atoms with E-state index < -0.39 is 0 Å². The fourth-order valence-corrected chi connectivity index (χ4v) is 2.32. The Kier molecular flexibility index (Phi) is 2.17. The van der Waals surface area contributed by atoms with E-state index in [-0.39, 0.29) is 5.75 Å². The third kappa shape index (κ3) is 1.40. The predicted molar refractivity (Wildman–Crippen MR) is 74.8 cm³/mol. The lowest BCUT2D eigenvalue weighted by atomic mass is 10.0. The molecule has 0 amide bonds. The van der Waals surface area contributed by atoms with E-state index in [1.807, 2.05) is 32.0 Å². The molecule has 0 bridgehead atoms. The number of hydrogen-bond acceptors (Lipinski definition) is 3. The van der Waals surface area contributed by atoms with Crippen molar-refractivity contribution in [3.63, 3.8) is 0 Å². The number of nitrogen functional groups attached to an aromatic ring is 1. The molecule has 3 aromatic rings. The molecule has 0 saturated carbocycles. The van der Waals surface area contributed by atoms with E-state index in [0.29, 0.717) is 5.69 Å². The van der Waals surface area contributed by atoms with Crippen molar-refractivity contribution in [2.24, 2.45) is 0 Å². The van der Waals surface area contributed by atoms with Gasteiger partial charge in [0.25, 0.3) is 0 Å². The maximum atomic E-state index is 9.77. The highest BCUT2D eigenvalue weighted by Crippen LogP contribution is 2.33. The molecule has 0 aliphatic carbocycles. The Morgan fingerprint density at radius 1 is 1.17 bits per heavy atom. The van der Waals surface area contributed by atoms with Crippen molar-refractivity contribution >= 4 is 27.5 Å². The largest absolute Gasteiger partial charge is 0.506 e. The van der Waals surface area contributed by atoms with Crippen LogP contribution in [-0.2, 0) is 0 Å². The maximum Gasteiger partial charge on any atom is 0.140 e.